The van der Waals surface area contributed by atoms with E-state index in [9.17, 15) is 8.42 Å². The first kappa shape index (κ1) is 16.4. The lowest BCUT2D eigenvalue weighted by atomic mass is 9.48. The lowest BCUT2D eigenvalue weighted by molar-refractivity contribution is -0.0666. The second-order valence-corrected chi connectivity index (χ2v) is 10.0. The highest BCUT2D eigenvalue weighted by atomic mass is 32.2. The Morgan fingerprint density at radius 2 is 1.54 bits per heavy atom. The van der Waals surface area contributed by atoms with Crippen LogP contribution in [0.1, 0.15) is 45.4 Å². The molecule has 1 unspecified atom stereocenters. The summed E-state index contributed by atoms with van der Waals surface area (Å²) >= 11 is 0. The quantitative estimate of drug-likeness (QED) is 0.884. The number of benzene rings is 1. The molecule has 0 heterocycles. The van der Waals surface area contributed by atoms with Crippen molar-refractivity contribution < 1.29 is 13.2 Å². The van der Waals surface area contributed by atoms with Crippen molar-refractivity contribution in [1.29, 1.82) is 0 Å². The Hall–Kier alpha value is -1.07. The van der Waals surface area contributed by atoms with E-state index in [1.165, 1.54) is 38.5 Å². The van der Waals surface area contributed by atoms with Crippen LogP contribution in [0.25, 0.3) is 0 Å². The van der Waals surface area contributed by atoms with Crippen molar-refractivity contribution in [3.63, 3.8) is 0 Å². The van der Waals surface area contributed by atoms with E-state index in [2.05, 4.69) is 11.6 Å². The smallest absolute Gasteiger partial charge is 0.240 e. The minimum absolute atomic E-state index is 0.00185. The Bertz CT molecular complexity index is 675. The molecule has 1 aromatic rings. The van der Waals surface area contributed by atoms with E-state index < -0.39 is 10.0 Å². The van der Waals surface area contributed by atoms with Gasteiger partial charge in [0.25, 0.3) is 0 Å². The Labute approximate surface area is 145 Å². The average Bonchev–Trinajstić information content (AvgIpc) is 2.53. The van der Waals surface area contributed by atoms with E-state index in [1.54, 1.807) is 31.4 Å². The molecule has 4 saturated carbocycles. The van der Waals surface area contributed by atoms with Gasteiger partial charge in [-0.25, -0.2) is 13.1 Å². The van der Waals surface area contributed by atoms with E-state index in [0.29, 0.717) is 10.6 Å². The monoisotopic (exact) mass is 349 g/mol. The van der Waals surface area contributed by atoms with Crippen LogP contribution in [0.5, 0.6) is 5.75 Å². The minimum atomic E-state index is -3.48. The molecule has 4 aliphatic rings. The minimum Gasteiger partial charge on any atom is -0.497 e. The number of nitrogens with one attached hydrogen (secondary N) is 1. The second kappa shape index (κ2) is 5.73. The van der Waals surface area contributed by atoms with Crippen LogP contribution in [0.3, 0.4) is 0 Å². The van der Waals surface area contributed by atoms with Gasteiger partial charge in [-0.05, 0) is 92.9 Å². The molecular formula is C19H27NO3S. The summed E-state index contributed by atoms with van der Waals surface area (Å²) < 4.78 is 33.7. The lowest BCUT2D eigenvalue weighted by Crippen LogP contribution is -2.55. The molecule has 4 fully saturated rings. The molecule has 132 valence electrons. The van der Waals surface area contributed by atoms with Crippen molar-refractivity contribution >= 4 is 10.0 Å². The predicted molar refractivity (Wildman–Crippen MR) is 93.4 cm³/mol. The van der Waals surface area contributed by atoms with Crippen LogP contribution < -0.4 is 9.46 Å². The fraction of sp³-hybridized carbons (Fsp3) is 0.684. The first-order valence-electron chi connectivity index (χ1n) is 9.06. The van der Waals surface area contributed by atoms with Gasteiger partial charge in [0.15, 0.2) is 0 Å². The van der Waals surface area contributed by atoms with Gasteiger partial charge in [0.2, 0.25) is 10.0 Å². The van der Waals surface area contributed by atoms with Gasteiger partial charge in [0.1, 0.15) is 5.75 Å². The van der Waals surface area contributed by atoms with Crippen LogP contribution >= 0.6 is 0 Å². The lowest BCUT2D eigenvalue weighted by Gasteiger charge is -2.59. The summed E-state index contributed by atoms with van der Waals surface area (Å²) in [6.45, 7) is 2.08. The van der Waals surface area contributed by atoms with Crippen molar-refractivity contribution in [1.82, 2.24) is 4.72 Å². The highest BCUT2D eigenvalue weighted by Crippen LogP contribution is 2.61. The van der Waals surface area contributed by atoms with Crippen LogP contribution in [0.4, 0.5) is 0 Å². The van der Waals surface area contributed by atoms with E-state index in [4.69, 9.17) is 4.74 Å². The number of methoxy groups -OCH3 is 1. The maximum absolute atomic E-state index is 12.8. The van der Waals surface area contributed by atoms with Gasteiger partial charge in [-0.15, -0.1) is 0 Å². The highest BCUT2D eigenvalue weighted by molar-refractivity contribution is 7.89. The molecule has 4 nitrogen and oxygen atoms in total. The van der Waals surface area contributed by atoms with Gasteiger partial charge in [-0.2, -0.15) is 0 Å². The van der Waals surface area contributed by atoms with Crippen molar-refractivity contribution in [2.24, 2.45) is 23.2 Å². The van der Waals surface area contributed by atoms with Crippen LogP contribution in [-0.2, 0) is 10.0 Å². The topological polar surface area (TPSA) is 55.4 Å². The van der Waals surface area contributed by atoms with Crippen LogP contribution in [0.15, 0.2) is 29.2 Å². The third kappa shape index (κ3) is 2.76. The number of hydrogen-bond donors (Lipinski definition) is 1. The number of rotatable bonds is 5. The molecule has 1 aromatic carbocycles. The zero-order valence-electron chi connectivity index (χ0n) is 14.5. The van der Waals surface area contributed by atoms with Crippen LogP contribution in [0.2, 0.25) is 0 Å². The third-order valence-electron chi connectivity index (χ3n) is 6.71. The Balaban J connectivity index is 1.53. The molecule has 0 radical (unpaired) electrons. The molecule has 4 bridgehead atoms. The van der Waals surface area contributed by atoms with Gasteiger partial charge in [-0.3, -0.25) is 0 Å². The van der Waals surface area contributed by atoms with E-state index >= 15 is 0 Å². The number of ether oxygens (including phenoxy) is 1. The Kier molecular flexibility index (Phi) is 3.92. The zero-order chi connectivity index (χ0) is 16.9. The molecule has 0 aromatic heterocycles. The summed E-state index contributed by atoms with van der Waals surface area (Å²) in [5.74, 6) is 3.14. The maximum Gasteiger partial charge on any atom is 0.240 e. The van der Waals surface area contributed by atoms with Gasteiger partial charge in [0.05, 0.1) is 12.0 Å². The average molecular weight is 349 g/mol. The number of sulfonamides is 1. The molecule has 0 spiro atoms. The maximum atomic E-state index is 12.8. The summed E-state index contributed by atoms with van der Waals surface area (Å²) in [6.07, 6.45) is 7.72. The van der Waals surface area contributed by atoms with Gasteiger partial charge in [-0.1, -0.05) is 0 Å². The Morgan fingerprint density at radius 3 is 2.00 bits per heavy atom. The van der Waals surface area contributed by atoms with Crippen molar-refractivity contribution in [3.8, 4) is 5.75 Å². The predicted octanol–water partition coefficient (Wildman–Crippen LogP) is 3.58. The highest BCUT2D eigenvalue weighted by Gasteiger charge is 2.53. The first-order chi connectivity index (χ1) is 11.4. The largest absolute Gasteiger partial charge is 0.497 e. The van der Waals surface area contributed by atoms with Gasteiger partial charge >= 0.3 is 0 Å². The summed E-state index contributed by atoms with van der Waals surface area (Å²) in [6, 6.07) is 6.63. The molecule has 5 heteroatoms. The normalized spacial score (nSPS) is 35.8. The second-order valence-electron chi connectivity index (χ2n) is 8.30. The molecular weight excluding hydrogens is 322 g/mol. The van der Waals surface area contributed by atoms with Crippen LogP contribution in [0, 0.1) is 23.2 Å². The molecule has 1 N–H and O–H groups in total. The van der Waals surface area contributed by atoms with E-state index in [0.717, 1.165) is 17.8 Å². The van der Waals surface area contributed by atoms with Crippen LogP contribution in [-0.4, -0.2) is 21.6 Å². The zero-order valence-corrected chi connectivity index (χ0v) is 15.3. The molecule has 1 atom stereocenters. The van der Waals surface area contributed by atoms with E-state index in [1.807, 2.05) is 0 Å². The standard InChI is InChI=1S/C19H27NO3S/c1-13(19-10-14-7-15(11-19)9-16(8-14)12-19)20-24(21,22)18-5-3-17(23-2)4-6-18/h3-6,13-16,20H,7-12H2,1-2H3. The molecule has 4 aliphatic carbocycles. The van der Waals surface area contributed by atoms with Crippen molar-refractivity contribution in [2.45, 2.75) is 56.4 Å². The molecule has 24 heavy (non-hydrogen) atoms. The molecule has 0 aliphatic heterocycles. The summed E-state index contributed by atoms with van der Waals surface area (Å²) in [4.78, 5) is 0.319. The van der Waals surface area contributed by atoms with E-state index in [-0.39, 0.29) is 11.5 Å². The summed E-state index contributed by atoms with van der Waals surface area (Å²) in [5, 5.41) is 0. The van der Waals surface area contributed by atoms with Gasteiger partial charge in [0, 0.05) is 6.04 Å². The number of hydrogen-bond acceptors (Lipinski definition) is 3. The van der Waals surface area contributed by atoms with Gasteiger partial charge < -0.3 is 4.74 Å². The summed E-state index contributed by atoms with van der Waals surface area (Å²) in [7, 11) is -1.90. The fourth-order valence-corrected chi connectivity index (χ4v) is 7.23. The first-order valence-corrected chi connectivity index (χ1v) is 10.5. The molecule has 0 amide bonds. The van der Waals surface area contributed by atoms with Crippen molar-refractivity contribution in [3.05, 3.63) is 24.3 Å². The summed E-state index contributed by atoms with van der Waals surface area (Å²) in [5.41, 5.74) is 0.175. The fourth-order valence-electron chi connectivity index (χ4n) is 5.89. The molecule has 0 saturated heterocycles. The molecule has 5 rings (SSSR count). The third-order valence-corrected chi connectivity index (χ3v) is 8.26. The van der Waals surface area contributed by atoms with Crippen molar-refractivity contribution in [2.75, 3.05) is 7.11 Å². The Morgan fingerprint density at radius 1 is 1.04 bits per heavy atom. The SMILES string of the molecule is COc1ccc(S(=O)(=O)NC(C)C23CC4CC(CC(C4)C2)C3)cc1.